The standard InChI is InChI=1S/C31H44N3O11P/c1-3-18-39-28(35)25-34(2)29(32)33-46(38,44-21-10-19-40-30(36)42-23-16-26-12-6-4-7-13-26)45-22-11-20-41-31(37)43-24-17-27-14-8-5-9-15-27/h4-9,12-15H,3,10-11,16-25H2,1-2H3,(H2,32,33,38). The van der Waals surface area contributed by atoms with Crippen LogP contribution >= 0.6 is 7.75 Å². The predicted octanol–water partition coefficient (Wildman–Crippen LogP) is 4.90. The Morgan fingerprint density at radius 3 is 1.61 bits per heavy atom. The number of likely N-dealkylation sites (N-methyl/N-ethyl adjacent to an activating group) is 1. The Morgan fingerprint density at radius 1 is 0.696 bits per heavy atom. The van der Waals surface area contributed by atoms with Crippen LogP contribution in [0.15, 0.2) is 65.4 Å². The van der Waals surface area contributed by atoms with Gasteiger partial charge in [-0.3, -0.25) is 13.8 Å². The van der Waals surface area contributed by atoms with E-state index in [9.17, 15) is 18.9 Å². The van der Waals surface area contributed by atoms with E-state index in [0.29, 0.717) is 19.3 Å². The van der Waals surface area contributed by atoms with Crippen molar-refractivity contribution in [1.29, 1.82) is 0 Å². The average Bonchev–Trinajstić information content (AvgIpc) is 3.04. The van der Waals surface area contributed by atoms with E-state index in [-0.39, 0.29) is 71.6 Å². The average molecular weight is 666 g/mol. The molecule has 0 saturated heterocycles. The van der Waals surface area contributed by atoms with Crippen LogP contribution in [0.4, 0.5) is 9.59 Å². The van der Waals surface area contributed by atoms with Gasteiger partial charge in [0.25, 0.3) is 0 Å². The molecule has 46 heavy (non-hydrogen) atoms. The van der Waals surface area contributed by atoms with Gasteiger partial charge in [0.15, 0.2) is 0 Å². The number of carbonyl (C=O) groups excluding carboxylic acids is 3. The van der Waals surface area contributed by atoms with Crippen molar-refractivity contribution in [2.45, 2.75) is 39.0 Å². The minimum Gasteiger partial charge on any atom is -0.464 e. The van der Waals surface area contributed by atoms with Crippen molar-refractivity contribution in [3.8, 4) is 0 Å². The number of ether oxygens (including phenoxy) is 5. The molecule has 0 atom stereocenters. The van der Waals surface area contributed by atoms with Crippen molar-refractivity contribution in [3.05, 3.63) is 71.8 Å². The van der Waals surface area contributed by atoms with Gasteiger partial charge < -0.3 is 34.3 Å². The Morgan fingerprint density at radius 2 is 1.15 bits per heavy atom. The molecule has 0 aliphatic carbocycles. The fourth-order valence-electron chi connectivity index (χ4n) is 3.50. The zero-order valence-electron chi connectivity index (χ0n) is 26.4. The van der Waals surface area contributed by atoms with Crippen LogP contribution in [-0.2, 0) is 54.9 Å². The molecule has 0 radical (unpaired) electrons. The molecule has 0 aliphatic heterocycles. The van der Waals surface area contributed by atoms with E-state index < -0.39 is 26.0 Å². The third-order valence-electron chi connectivity index (χ3n) is 5.88. The topological polar surface area (TPSA) is 175 Å². The number of rotatable bonds is 21. The fraction of sp³-hybridized carbons (Fsp3) is 0.484. The van der Waals surface area contributed by atoms with Crippen molar-refractivity contribution in [2.75, 3.05) is 59.8 Å². The van der Waals surface area contributed by atoms with Crippen LogP contribution in [0.25, 0.3) is 0 Å². The first kappa shape index (κ1) is 38.1. The van der Waals surface area contributed by atoms with Gasteiger partial charge in [-0.1, -0.05) is 67.6 Å². The number of esters is 1. The summed E-state index contributed by atoms with van der Waals surface area (Å²) in [5, 5.41) is 0. The maximum absolute atomic E-state index is 13.4. The van der Waals surface area contributed by atoms with E-state index in [2.05, 4.69) is 4.76 Å². The molecule has 0 spiro atoms. The van der Waals surface area contributed by atoms with Gasteiger partial charge in [0, 0.05) is 32.7 Å². The van der Waals surface area contributed by atoms with Crippen molar-refractivity contribution < 1.29 is 51.7 Å². The minimum atomic E-state index is -4.20. The highest BCUT2D eigenvalue weighted by molar-refractivity contribution is 7.52. The summed E-state index contributed by atoms with van der Waals surface area (Å²) >= 11 is 0. The molecular formula is C31H44N3O11P. The highest BCUT2D eigenvalue weighted by Crippen LogP contribution is 2.50. The molecule has 2 aromatic carbocycles. The number of hydrogen-bond donors (Lipinski definition) is 1. The first-order chi connectivity index (χ1) is 22.2. The molecule has 2 N–H and O–H groups in total. The predicted molar refractivity (Wildman–Crippen MR) is 169 cm³/mol. The lowest BCUT2D eigenvalue weighted by atomic mass is 10.2. The molecule has 0 aromatic heterocycles. The molecule has 2 rings (SSSR count). The molecule has 0 saturated carbocycles. The van der Waals surface area contributed by atoms with E-state index >= 15 is 0 Å². The highest BCUT2D eigenvalue weighted by Gasteiger charge is 2.26. The first-order valence-electron chi connectivity index (χ1n) is 15.0. The summed E-state index contributed by atoms with van der Waals surface area (Å²) in [7, 11) is -2.74. The van der Waals surface area contributed by atoms with Crippen LogP contribution < -0.4 is 5.73 Å². The smallest absolute Gasteiger partial charge is 0.464 e. The third kappa shape index (κ3) is 17.4. The maximum atomic E-state index is 13.4. The zero-order chi connectivity index (χ0) is 33.5. The molecule has 254 valence electrons. The summed E-state index contributed by atoms with van der Waals surface area (Å²) in [6, 6.07) is 19.1. The Bertz CT molecular complexity index is 1180. The Labute approximate surface area is 269 Å². The van der Waals surface area contributed by atoms with Crippen LogP contribution in [0.3, 0.4) is 0 Å². The summed E-state index contributed by atoms with van der Waals surface area (Å²) in [6.45, 7) is 1.69. The molecule has 0 unspecified atom stereocenters. The van der Waals surface area contributed by atoms with Crippen LogP contribution in [0.1, 0.15) is 37.3 Å². The summed E-state index contributed by atoms with van der Waals surface area (Å²) in [4.78, 5) is 36.9. The second-order valence-electron chi connectivity index (χ2n) is 9.74. The van der Waals surface area contributed by atoms with Gasteiger partial charge in [0.1, 0.15) is 6.54 Å². The second kappa shape index (κ2) is 22.4. The van der Waals surface area contributed by atoms with Gasteiger partial charge >= 0.3 is 26.0 Å². The Balaban J connectivity index is 1.78. The number of hydrogen-bond acceptors (Lipinski definition) is 11. The van der Waals surface area contributed by atoms with E-state index in [1.54, 1.807) is 0 Å². The molecule has 0 bridgehead atoms. The molecule has 2 aromatic rings. The zero-order valence-corrected chi connectivity index (χ0v) is 27.3. The van der Waals surface area contributed by atoms with Gasteiger partial charge in [0.05, 0.1) is 46.2 Å². The monoisotopic (exact) mass is 665 g/mol. The van der Waals surface area contributed by atoms with E-state index in [0.717, 1.165) is 11.1 Å². The van der Waals surface area contributed by atoms with Crippen molar-refractivity contribution in [1.82, 2.24) is 4.90 Å². The van der Waals surface area contributed by atoms with Crippen LogP contribution in [0, 0.1) is 0 Å². The lowest BCUT2D eigenvalue weighted by molar-refractivity contribution is -0.143. The number of nitrogens with zero attached hydrogens (tertiary/aromatic N) is 2. The number of guanidine groups is 1. The second-order valence-corrected chi connectivity index (χ2v) is 11.4. The lowest BCUT2D eigenvalue weighted by Gasteiger charge is -2.20. The fourth-order valence-corrected chi connectivity index (χ4v) is 4.81. The molecule has 0 heterocycles. The van der Waals surface area contributed by atoms with Crippen LogP contribution in [-0.4, -0.2) is 89.0 Å². The van der Waals surface area contributed by atoms with Gasteiger partial charge in [-0.15, -0.1) is 4.76 Å². The van der Waals surface area contributed by atoms with Crippen LogP contribution in [0.2, 0.25) is 0 Å². The Kier molecular flexibility index (Phi) is 18.5. The highest BCUT2D eigenvalue weighted by atomic mass is 31.2. The molecule has 0 aliphatic rings. The van der Waals surface area contributed by atoms with E-state index in [4.69, 9.17) is 38.5 Å². The molecule has 14 nitrogen and oxygen atoms in total. The third-order valence-corrected chi connectivity index (χ3v) is 7.35. The number of nitrogens with two attached hydrogens (primary N) is 1. The normalized spacial score (nSPS) is 11.4. The molecule has 0 amide bonds. The van der Waals surface area contributed by atoms with Gasteiger partial charge in [-0.05, 0) is 17.5 Å². The largest absolute Gasteiger partial charge is 0.508 e. The quantitative estimate of drug-likeness (QED) is 0.0477. The SMILES string of the molecule is CCCOC(=O)CN(C)C(N)=NP(=O)(OCCCOC(=O)OCCc1ccccc1)OCCCOC(=O)OCCc1ccccc1. The summed E-state index contributed by atoms with van der Waals surface area (Å²) in [5.74, 6) is -0.826. The van der Waals surface area contributed by atoms with E-state index in [1.807, 2.05) is 67.6 Å². The molecular weight excluding hydrogens is 621 g/mol. The van der Waals surface area contributed by atoms with Gasteiger partial charge in [-0.25, -0.2) is 14.2 Å². The minimum absolute atomic E-state index is 0.0766. The van der Waals surface area contributed by atoms with Crippen molar-refractivity contribution >= 4 is 32.0 Å². The summed E-state index contributed by atoms with van der Waals surface area (Å²) < 4.78 is 53.4. The molecule has 15 heteroatoms. The summed E-state index contributed by atoms with van der Waals surface area (Å²) in [5.41, 5.74) is 8.00. The summed E-state index contributed by atoms with van der Waals surface area (Å²) in [6.07, 6.45) is 0.358. The Hall–Kier alpha value is -4.13. The van der Waals surface area contributed by atoms with Gasteiger partial charge in [-0.2, -0.15) is 0 Å². The van der Waals surface area contributed by atoms with Gasteiger partial charge in [0.2, 0.25) is 5.96 Å². The van der Waals surface area contributed by atoms with Crippen LogP contribution in [0.5, 0.6) is 0 Å². The maximum Gasteiger partial charge on any atom is 0.508 e. The van der Waals surface area contributed by atoms with E-state index in [1.165, 1.54) is 11.9 Å². The van der Waals surface area contributed by atoms with Crippen molar-refractivity contribution in [3.63, 3.8) is 0 Å². The molecule has 0 fully saturated rings. The first-order valence-corrected chi connectivity index (χ1v) is 16.5. The number of carbonyl (C=O) groups is 3. The number of benzene rings is 2. The van der Waals surface area contributed by atoms with Crippen molar-refractivity contribution in [2.24, 2.45) is 10.5 Å². The lowest BCUT2D eigenvalue weighted by Crippen LogP contribution is -2.38.